The molecule has 2 aromatic heterocycles. The molecule has 30 nitrogen and oxygen atoms in total. The van der Waals surface area contributed by atoms with E-state index in [2.05, 4.69) is 80.4 Å². The third-order valence-electron chi connectivity index (χ3n) is 8.35. The van der Waals surface area contributed by atoms with Crippen LogP contribution in [0.3, 0.4) is 0 Å². The first kappa shape index (κ1) is 49.9. The summed E-state index contributed by atoms with van der Waals surface area (Å²) in [5, 5.41) is 61.0. The molecule has 0 atom stereocenters. The molecule has 13 N–H and O–H groups in total. The molecule has 0 fully saturated rings. The maximum Gasteiger partial charge on any atom is 0.326 e. The van der Waals surface area contributed by atoms with Gasteiger partial charge in [-0.2, -0.15) is 26.8 Å². The second-order valence-electron chi connectivity index (χ2n) is 13.1. The summed E-state index contributed by atoms with van der Waals surface area (Å²) in [6, 6.07) is 8.83. The van der Waals surface area contributed by atoms with E-state index >= 15 is 0 Å². The van der Waals surface area contributed by atoms with Crippen LogP contribution in [0.25, 0.3) is 10.8 Å². The highest BCUT2D eigenvalue weighted by Gasteiger charge is 2.26. The number of nitrogens with two attached hydrogens (primary N) is 1. The Morgan fingerprint density at radius 3 is 1.69 bits per heavy atom. The van der Waals surface area contributed by atoms with Crippen LogP contribution in [0.1, 0.15) is 11.4 Å². The third-order valence-corrected chi connectivity index (χ3v) is 11.4. The van der Waals surface area contributed by atoms with E-state index in [0.29, 0.717) is 23.4 Å². The van der Waals surface area contributed by atoms with Gasteiger partial charge in [0.15, 0.2) is 5.75 Å². The highest BCUT2D eigenvalue weighted by Crippen LogP contribution is 2.50. The fraction of sp³-hybridized carbons (Fsp3) is 0.0588. The lowest BCUT2D eigenvalue weighted by atomic mass is 10.1. The number of aromatic nitrogens is 4. The molecule has 0 aliphatic rings. The van der Waals surface area contributed by atoms with E-state index in [0.717, 1.165) is 42.5 Å². The Balaban J connectivity index is 1.43. The van der Waals surface area contributed by atoms with Gasteiger partial charge in [0, 0.05) is 34.9 Å². The Morgan fingerprint density at radius 2 is 1.16 bits per heavy atom. The van der Waals surface area contributed by atoms with Gasteiger partial charge in [0.1, 0.15) is 32.5 Å². The number of benzene rings is 4. The zero-order valence-corrected chi connectivity index (χ0v) is 37.1. The van der Waals surface area contributed by atoms with Crippen LogP contribution < -0.4 is 38.1 Å². The third kappa shape index (κ3) is 12.5. The second-order valence-corrected chi connectivity index (χ2v) is 17.4. The van der Waals surface area contributed by atoms with Gasteiger partial charge >= 0.3 is 12.1 Å². The molecule has 0 unspecified atom stereocenters. The summed E-state index contributed by atoms with van der Waals surface area (Å²) in [6.45, 7) is 3.08. The highest BCUT2D eigenvalue weighted by atomic mass is 32.2. The summed E-state index contributed by atoms with van der Waals surface area (Å²) in [7, 11) is -10.3. The number of hydrogen-bond donors (Lipinski definition) is 12. The number of nitrogen functional groups attached to an aromatic ring is 1. The Morgan fingerprint density at radius 1 is 0.662 bits per heavy atom. The molecule has 0 saturated heterocycles. The van der Waals surface area contributed by atoms with E-state index in [4.69, 9.17) is 16.2 Å². The number of H-pyrrole nitrogens is 2. The standard InChI is InChI=1S/C34H29N13O17S4/c1-13-7-24(48)40-31(36-13)42-33(51)38-16-3-5-20(65-63-61-53)18(11-16)44-47-29-23(68(58,59)60)10-15-9-21(66-64-62-54)28(30(50)26(15)27(29)35)46-45-19-12-17(4-6-22(19)67(55,56)57)39-34(52)43-32-37-14(2)8-25(49)41-32/h3-12,50,53-54H,35H2,1-2H3,(H,55,56,57)(H,58,59,60)(H3,36,38,40,42,48,51)(H3,37,39,41,43,49,52)/b46-45+,47-44+. The summed E-state index contributed by atoms with van der Waals surface area (Å²) in [5.74, 6) is -1.40. The summed E-state index contributed by atoms with van der Waals surface area (Å²) < 4.78 is 79.6. The molecule has 0 radical (unpaired) electrons. The van der Waals surface area contributed by atoms with Gasteiger partial charge in [-0.25, -0.2) is 20.1 Å². The number of hydrogen-bond acceptors (Lipinski definition) is 24. The van der Waals surface area contributed by atoms with Gasteiger partial charge in [0.2, 0.25) is 11.9 Å². The minimum Gasteiger partial charge on any atom is -0.505 e. The van der Waals surface area contributed by atoms with E-state index in [9.17, 15) is 50.2 Å². The largest absolute Gasteiger partial charge is 0.505 e. The molecule has 2 heterocycles. The molecule has 4 aromatic carbocycles. The summed E-state index contributed by atoms with van der Waals surface area (Å²) in [6.07, 6.45) is 0. The van der Waals surface area contributed by atoms with Crippen LogP contribution >= 0.6 is 24.1 Å². The average molecular weight is 1020 g/mol. The number of anilines is 5. The minimum atomic E-state index is -5.26. The molecular formula is C34H29N13O17S4. The predicted molar refractivity (Wildman–Crippen MR) is 237 cm³/mol. The average Bonchev–Trinajstić information content (AvgIpc) is 3.23. The van der Waals surface area contributed by atoms with Crippen LogP contribution in [-0.4, -0.2) is 73.6 Å². The molecule has 6 aromatic rings. The van der Waals surface area contributed by atoms with E-state index in [-0.39, 0.29) is 56.2 Å². The number of azo groups is 2. The van der Waals surface area contributed by atoms with Crippen molar-refractivity contribution in [1.29, 1.82) is 0 Å². The number of aromatic hydroxyl groups is 1. The van der Waals surface area contributed by atoms with Crippen molar-refractivity contribution in [3.63, 3.8) is 0 Å². The maximum absolute atomic E-state index is 12.8. The quantitative estimate of drug-likeness (QED) is 0.0125. The van der Waals surface area contributed by atoms with Crippen LogP contribution in [-0.2, 0) is 39.0 Å². The Bertz CT molecular complexity index is 3390. The van der Waals surface area contributed by atoms with Crippen molar-refractivity contribution in [2.24, 2.45) is 20.5 Å². The number of rotatable bonds is 16. The Hall–Kier alpha value is -7.48. The number of nitrogens with zero attached hydrogens (tertiary/aromatic N) is 6. The van der Waals surface area contributed by atoms with E-state index < -0.39 is 87.1 Å². The lowest BCUT2D eigenvalue weighted by Gasteiger charge is -2.14. The summed E-state index contributed by atoms with van der Waals surface area (Å²) in [5.41, 5.74) is 2.60. The van der Waals surface area contributed by atoms with Crippen LogP contribution in [0.4, 0.5) is 61.3 Å². The van der Waals surface area contributed by atoms with Gasteiger partial charge in [0.25, 0.3) is 31.4 Å². The van der Waals surface area contributed by atoms with Gasteiger partial charge in [-0.15, -0.1) is 29.1 Å². The molecule has 356 valence electrons. The number of urea groups is 2. The van der Waals surface area contributed by atoms with Gasteiger partial charge in [0.05, 0.1) is 45.0 Å². The number of phenolic OH excluding ortho intramolecular Hbond substituents is 1. The molecule has 4 amide bonds. The van der Waals surface area contributed by atoms with Gasteiger partial charge in [-0.3, -0.25) is 29.3 Å². The topological polar surface area (TPSA) is 456 Å². The number of phenols is 1. The first-order valence-corrected chi connectivity index (χ1v) is 22.3. The van der Waals surface area contributed by atoms with Gasteiger partial charge < -0.3 is 31.4 Å². The minimum absolute atomic E-state index is 0.00619. The number of aryl methyl sites for hydroxylation is 2. The molecule has 68 heavy (non-hydrogen) atoms. The van der Waals surface area contributed by atoms with Crippen LogP contribution in [0.2, 0.25) is 0 Å². The zero-order valence-electron chi connectivity index (χ0n) is 33.8. The maximum atomic E-state index is 12.8. The number of aromatic amines is 2. The number of carbonyl (C=O) groups excluding carboxylic acids is 2. The number of fused-ring (bicyclic) bond motifs is 1. The van der Waals surface area contributed by atoms with Crippen molar-refractivity contribution in [2.45, 2.75) is 33.4 Å². The monoisotopic (exact) mass is 1020 g/mol. The van der Waals surface area contributed by atoms with Crippen molar-refractivity contribution >= 4 is 119 Å². The molecule has 0 spiro atoms. The molecule has 0 aliphatic carbocycles. The van der Waals surface area contributed by atoms with Crippen LogP contribution in [0, 0.1) is 13.8 Å². The number of nitrogens with one attached hydrogen (secondary N) is 6. The van der Waals surface area contributed by atoms with Gasteiger partial charge in [-0.1, -0.05) is 10.1 Å². The van der Waals surface area contributed by atoms with E-state index in [1.165, 1.54) is 25.1 Å². The Labute approximate surface area is 386 Å². The molecule has 0 saturated carbocycles. The number of amides is 4. The van der Waals surface area contributed by atoms with Crippen molar-refractivity contribution in [1.82, 2.24) is 19.9 Å². The molecule has 0 aliphatic heterocycles. The van der Waals surface area contributed by atoms with Crippen molar-refractivity contribution in [2.75, 3.05) is 27.0 Å². The lowest BCUT2D eigenvalue weighted by molar-refractivity contribution is -0.432. The fourth-order valence-electron chi connectivity index (χ4n) is 5.73. The molecule has 0 bridgehead atoms. The molecule has 6 rings (SSSR count). The zero-order chi connectivity index (χ0) is 49.5. The highest BCUT2D eigenvalue weighted by molar-refractivity contribution is 7.95. The molecule has 34 heteroatoms. The SMILES string of the molecule is Cc1cc(=O)nc(NC(=O)Nc2ccc(SOOO)c(/N=N/c3c(S(=O)(=O)O)cc4cc(SOOO)c(/N=N/c5cc(NC(=O)Nc6nc(=O)cc(C)[nH]6)ccc5S(=O)(=O)O)c(O)c4c3N)c2)[nH]1. The molecular weight excluding hydrogens is 991 g/mol. The van der Waals surface area contributed by atoms with Crippen molar-refractivity contribution < 1.29 is 69.9 Å². The first-order chi connectivity index (χ1) is 32.1. The smallest absolute Gasteiger partial charge is 0.326 e. The van der Waals surface area contributed by atoms with Crippen LogP contribution in [0.15, 0.2) is 110 Å². The normalized spacial score (nSPS) is 11.9. The fourth-order valence-corrected chi connectivity index (χ4v) is 7.92. The van der Waals surface area contributed by atoms with Gasteiger partial charge in [-0.05, 0) is 67.8 Å². The summed E-state index contributed by atoms with van der Waals surface area (Å²) in [4.78, 5) is 59.4. The Kier molecular flexibility index (Phi) is 15.4. The first-order valence-electron chi connectivity index (χ1n) is 17.9. The van der Waals surface area contributed by atoms with Crippen LogP contribution in [0.5, 0.6) is 5.75 Å². The lowest BCUT2D eigenvalue weighted by Crippen LogP contribution is -2.23. The second kappa shape index (κ2) is 21.0. The van der Waals surface area contributed by atoms with E-state index in [1.54, 1.807) is 6.92 Å². The summed E-state index contributed by atoms with van der Waals surface area (Å²) >= 11 is 0.497. The predicted octanol–water partition coefficient (Wildman–Crippen LogP) is 6.38. The van der Waals surface area contributed by atoms with Crippen molar-refractivity contribution in [3.8, 4) is 5.75 Å². The van der Waals surface area contributed by atoms with E-state index in [1.807, 2.05) is 0 Å². The number of carbonyl (C=O) groups is 2. The van der Waals surface area contributed by atoms with Crippen molar-refractivity contribution in [3.05, 3.63) is 92.8 Å².